The second-order valence-electron chi connectivity index (χ2n) is 10.7. The van der Waals surface area contributed by atoms with Crippen LogP contribution in [0.2, 0.25) is 0 Å². The van der Waals surface area contributed by atoms with Crippen molar-refractivity contribution in [2.75, 3.05) is 5.32 Å². The summed E-state index contributed by atoms with van der Waals surface area (Å²) in [5.74, 6) is 0.685. The number of fused-ring (bicyclic) bond motifs is 2. The molecule has 1 aliphatic heterocycles. The van der Waals surface area contributed by atoms with Gasteiger partial charge in [0.25, 0.3) is 0 Å². The molecule has 0 saturated heterocycles. The fraction of sp³-hybridized carbons (Fsp3) is 0.290. The molecule has 4 aromatic rings. The first-order valence-electron chi connectivity index (χ1n) is 13.5. The van der Waals surface area contributed by atoms with E-state index in [9.17, 15) is 14.2 Å². The SMILES string of the molecule is Cc1cc([C@H](C)Nc2ccc(F)cc2-c2ccc3c(c2)C=NOB3O)c2oc(C3CCCCC3)cc(=O)c2c1. The average molecular weight is 524 g/mol. The van der Waals surface area contributed by atoms with E-state index in [1.807, 2.05) is 38.1 Å². The first kappa shape index (κ1) is 25.4. The van der Waals surface area contributed by atoms with Crippen molar-refractivity contribution in [1.29, 1.82) is 0 Å². The van der Waals surface area contributed by atoms with Crippen LogP contribution in [0.4, 0.5) is 10.1 Å². The van der Waals surface area contributed by atoms with Gasteiger partial charge in [0.1, 0.15) is 17.2 Å². The number of hydrogen-bond donors (Lipinski definition) is 2. The number of nitrogens with one attached hydrogen (secondary N) is 1. The molecule has 1 aromatic heterocycles. The summed E-state index contributed by atoms with van der Waals surface area (Å²) in [6, 6.07) is 15.4. The van der Waals surface area contributed by atoms with Crippen molar-refractivity contribution in [3.8, 4) is 11.1 Å². The Morgan fingerprint density at radius 1 is 1.08 bits per heavy atom. The molecule has 2 N–H and O–H groups in total. The second kappa shape index (κ2) is 10.3. The third-order valence-corrected chi connectivity index (χ3v) is 7.86. The maximum Gasteiger partial charge on any atom is 0.583 e. The lowest BCUT2D eigenvalue weighted by molar-refractivity contribution is 0.286. The fourth-order valence-corrected chi connectivity index (χ4v) is 5.84. The van der Waals surface area contributed by atoms with Crippen LogP contribution >= 0.6 is 0 Å². The Bertz CT molecular complexity index is 1640. The number of aryl methyl sites for hydroxylation is 1. The van der Waals surface area contributed by atoms with Gasteiger partial charge in [-0.25, -0.2) is 4.39 Å². The fourth-order valence-electron chi connectivity index (χ4n) is 5.84. The highest BCUT2D eigenvalue weighted by molar-refractivity contribution is 6.62. The van der Waals surface area contributed by atoms with E-state index in [2.05, 4.69) is 10.5 Å². The molecule has 39 heavy (non-hydrogen) atoms. The summed E-state index contributed by atoms with van der Waals surface area (Å²) in [5, 5.41) is 17.9. The van der Waals surface area contributed by atoms with Gasteiger partial charge in [-0.15, -0.1) is 5.16 Å². The predicted molar refractivity (Wildman–Crippen MR) is 153 cm³/mol. The zero-order valence-electron chi connectivity index (χ0n) is 22.0. The highest BCUT2D eigenvalue weighted by Gasteiger charge is 2.26. The van der Waals surface area contributed by atoms with Crippen LogP contribution in [0.1, 0.15) is 73.4 Å². The Hall–Kier alpha value is -3.91. The van der Waals surface area contributed by atoms with E-state index in [-0.39, 0.29) is 23.2 Å². The molecule has 198 valence electrons. The van der Waals surface area contributed by atoms with Crippen LogP contribution in [0, 0.1) is 12.7 Å². The zero-order valence-corrected chi connectivity index (χ0v) is 22.0. The van der Waals surface area contributed by atoms with Gasteiger partial charge in [0.15, 0.2) is 5.43 Å². The molecule has 2 heterocycles. The minimum Gasteiger partial charge on any atom is -0.460 e. The van der Waals surface area contributed by atoms with Crippen LogP contribution in [-0.4, -0.2) is 18.4 Å². The molecule has 1 aliphatic carbocycles. The van der Waals surface area contributed by atoms with Crippen LogP contribution in [0.3, 0.4) is 0 Å². The number of halogens is 1. The van der Waals surface area contributed by atoms with Gasteiger partial charge in [-0.05, 0) is 73.7 Å². The van der Waals surface area contributed by atoms with Crippen molar-refractivity contribution in [1.82, 2.24) is 0 Å². The van der Waals surface area contributed by atoms with Gasteiger partial charge in [-0.1, -0.05) is 37.5 Å². The third kappa shape index (κ3) is 4.97. The molecule has 0 spiro atoms. The van der Waals surface area contributed by atoms with Crippen LogP contribution < -0.4 is 16.2 Å². The number of anilines is 1. The second-order valence-corrected chi connectivity index (χ2v) is 10.7. The van der Waals surface area contributed by atoms with E-state index in [4.69, 9.17) is 9.17 Å². The van der Waals surface area contributed by atoms with Crippen molar-refractivity contribution >= 4 is 35.5 Å². The van der Waals surface area contributed by atoms with Crippen molar-refractivity contribution in [3.63, 3.8) is 0 Å². The van der Waals surface area contributed by atoms with E-state index in [1.54, 1.807) is 18.2 Å². The highest BCUT2D eigenvalue weighted by atomic mass is 19.1. The summed E-state index contributed by atoms with van der Waals surface area (Å²) in [5.41, 5.74) is 5.91. The molecule has 3 aromatic carbocycles. The maximum absolute atomic E-state index is 14.5. The molecular weight excluding hydrogens is 494 g/mol. The molecule has 1 fully saturated rings. The summed E-state index contributed by atoms with van der Waals surface area (Å²) >= 11 is 0. The monoisotopic (exact) mass is 524 g/mol. The first-order valence-corrected chi connectivity index (χ1v) is 13.5. The molecule has 2 aliphatic rings. The number of oxime groups is 1. The third-order valence-electron chi connectivity index (χ3n) is 7.86. The minimum atomic E-state index is -1.13. The summed E-state index contributed by atoms with van der Waals surface area (Å²) in [7, 11) is -1.13. The summed E-state index contributed by atoms with van der Waals surface area (Å²) in [6.45, 7) is 3.99. The van der Waals surface area contributed by atoms with Crippen molar-refractivity contribution in [3.05, 3.63) is 93.1 Å². The average Bonchev–Trinajstić information content (AvgIpc) is 2.94. The molecule has 8 heteroatoms. The van der Waals surface area contributed by atoms with Crippen LogP contribution in [0.15, 0.2) is 69.0 Å². The topological polar surface area (TPSA) is 84.1 Å². The van der Waals surface area contributed by atoms with Crippen LogP contribution in [-0.2, 0) is 4.76 Å². The minimum absolute atomic E-state index is 0.0154. The number of benzene rings is 3. The quantitative estimate of drug-likeness (QED) is 0.305. The molecule has 6 nitrogen and oxygen atoms in total. The number of nitrogens with zero attached hydrogens (tertiary/aromatic N) is 1. The van der Waals surface area contributed by atoms with Crippen molar-refractivity contribution < 1.29 is 18.6 Å². The highest BCUT2D eigenvalue weighted by Crippen LogP contribution is 2.37. The molecule has 0 radical (unpaired) electrons. The van der Waals surface area contributed by atoms with E-state index < -0.39 is 7.12 Å². The lowest BCUT2D eigenvalue weighted by Gasteiger charge is -2.23. The zero-order chi connectivity index (χ0) is 27.1. The number of rotatable bonds is 5. The van der Waals surface area contributed by atoms with Gasteiger partial charge in [-0.3, -0.25) is 4.79 Å². The standard InChI is InChI=1S/C31H30BFN2O4/c1-18-12-24(31-26(13-18)29(36)16-30(38-31)20-6-4-3-5-7-20)19(2)35-28-11-9-23(33)15-25(28)21-8-10-27-22(14-21)17-34-39-32(27)37/h8-17,19-20,35,37H,3-7H2,1-2H3/t19-/m0/s1. The van der Waals surface area contributed by atoms with Gasteiger partial charge in [-0.2, -0.15) is 0 Å². The molecule has 1 atom stereocenters. The predicted octanol–water partition coefficient (Wildman–Crippen LogP) is 6.18. The van der Waals surface area contributed by atoms with Gasteiger partial charge >= 0.3 is 7.12 Å². The largest absolute Gasteiger partial charge is 0.583 e. The first-order chi connectivity index (χ1) is 18.9. The molecular formula is C31H30BFN2O4. The molecule has 1 saturated carbocycles. The molecule has 0 amide bonds. The Morgan fingerprint density at radius 3 is 2.72 bits per heavy atom. The lowest BCUT2D eigenvalue weighted by atomic mass is 9.75. The Balaban J connectivity index is 1.40. The molecule has 6 rings (SSSR count). The normalized spacial score (nSPS) is 16.2. The molecule has 0 unspecified atom stereocenters. The van der Waals surface area contributed by atoms with Gasteiger partial charge < -0.3 is 19.5 Å². The Labute approximate surface area is 226 Å². The van der Waals surface area contributed by atoms with E-state index in [1.165, 1.54) is 24.8 Å². The Kier molecular flexibility index (Phi) is 6.73. The van der Waals surface area contributed by atoms with E-state index in [0.717, 1.165) is 53.8 Å². The van der Waals surface area contributed by atoms with Crippen molar-refractivity contribution in [2.45, 2.75) is 57.9 Å². The van der Waals surface area contributed by atoms with E-state index in [0.29, 0.717) is 27.6 Å². The van der Waals surface area contributed by atoms with Gasteiger partial charge in [0.2, 0.25) is 0 Å². The van der Waals surface area contributed by atoms with E-state index >= 15 is 0 Å². The lowest BCUT2D eigenvalue weighted by Crippen LogP contribution is -2.37. The number of hydrogen-bond acceptors (Lipinski definition) is 6. The van der Waals surface area contributed by atoms with Crippen LogP contribution in [0.25, 0.3) is 22.1 Å². The smallest absolute Gasteiger partial charge is 0.460 e. The van der Waals surface area contributed by atoms with Crippen molar-refractivity contribution in [2.24, 2.45) is 5.16 Å². The van der Waals surface area contributed by atoms with Crippen LogP contribution in [0.5, 0.6) is 0 Å². The van der Waals surface area contributed by atoms with Gasteiger partial charge in [0.05, 0.1) is 17.6 Å². The Morgan fingerprint density at radius 2 is 1.90 bits per heavy atom. The summed E-state index contributed by atoms with van der Waals surface area (Å²) in [6.07, 6.45) is 7.14. The summed E-state index contributed by atoms with van der Waals surface area (Å²) in [4.78, 5) is 13.2. The molecule has 0 bridgehead atoms. The van der Waals surface area contributed by atoms with Gasteiger partial charge in [0, 0.05) is 34.3 Å². The maximum atomic E-state index is 14.5. The summed E-state index contributed by atoms with van der Waals surface area (Å²) < 4.78 is 25.9.